The van der Waals surface area contributed by atoms with Crippen LogP contribution in [0, 0.1) is 11.5 Å². The molecule has 0 atom stereocenters. The summed E-state index contributed by atoms with van der Waals surface area (Å²) in [6.07, 6.45) is 6.76. The topological polar surface area (TPSA) is 77.7 Å². The number of aromatic nitrogens is 3. The van der Waals surface area contributed by atoms with Crippen LogP contribution in [0.4, 0.5) is 17.3 Å². The second kappa shape index (κ2) is 4.90. The van der Waals surface area contributed by atoms with Crippen molar-refractivity contribution >= 4 is 17.3 Å². The van der Waals surface area contributed by atoms with Crippen molar-refractivity contribution in [3.05, 3.63) is 36.9 Å². The first kappa shape index (κ1) is 10.8. The smallest absolute Gasteiger partial charge is 0.185 e. The van der Waals surface area contributed by atoms with Crippen molar-refractivity contribution in [3.8, 4) is 6.19 Å². The van der Waals surface area contributed by atoms with E-state index in [0.29, 0.717) is 11.6 Å². The minimum Gasteiger partial charge on any atom is -0.339 e. The van der Waals surface area contributed by atoms with Crippen LogP contribution in [0.25, 0.3) is 0 Å². The highest BCUT2D eigenvalue weighted by molar-refractivity contribution is 5.58. The van der Waals surface area contributed by atoms with Gasteiger partial charge < -0.3 is 5.32 Å². The van der Waals surface area contributed by atoms with Gasteiger partial charge in [-0.1, -0.05) is 0 Å². The number of hydrogen-bond donors (Lipinski definition) is 1. The van der Waals surface area contributed by atoms with Crippen LogP contribution in [-0.4, -0.2) is 22.0 Å². The molecule has 0 saturated carbocycles. The van der Waals surface area contributed by atoms with E-state index in [2.05, 4.69) is 20.3 Å². The number of nitrogens with zero attached hydrogens (tertiary/aromatic N) is 5. The molecule has 2 aromatic rings. The lowest BCUT2D eigenvalue weighted by molar-refractivity contribution is 1.08. The maximum atomic E-state index is 8.75. The van der Waals surface area contributed by atoms with Crippen LogP contribution in [0.1, 0.15) is 0 Å². The summed E-state index contributed by atoms with van der Waals surface area (Å²) in [5.41, 5.74) is 0.830. The highest BCUT2D eigenvalue weighted by atomic mass is 15.2. The fraction of sp³-hybridized carbons (Fsp3) is 0.0909. The lowest BCUT2D eigenvalue weighted by atomic mass is 10.4. The fourth-order valence-corrected chi connectivity index (χ4v) is 1.23. The zero-order chi connectivity index (χ0) is 12.1. The molecule has 1 N–H and O–H groups in total. The van der Waals surface area contributed by atoms with Crippen molar-refractivity contribution in [2.75, 3.05) is 17.3 Å². The van der Waals surface area contributed by atoms with E-state index in [1.165, 1.54) is 11.2 Å². The van der Waals surface area contributed by atoms with Crippen molar-refractivity contribution in [2.45, 2.75) is 0 Å². The third kappa shape index (κ3) is 2.66. The highest BCUT2D eigenvalue weighted by Gasteiger charge is 2.03. The van der Waals surface area contributed by atoms with E-state index in [4.69, 9.17) is 5.26 Å². The van der Waals surface area contributed by atoms with Gasteiger partial charge in [0, 0.05) is 19.3 Å². The van der Waals surface area contributed by atoms with Crippen molar-refractivity contribution in [1.82, 2.24) is 15.0 Å². The Morgan fingerprint density at radius 1 is 1.41 bits per heavy atom. The molecule has 0 radical (unpaired) electrons. The van der Waals surface area contributed by atoms with Gasteiger partial charge in [0.25, 0.3) is 0 Å². The minimum absolute atomic E-state index is 0.536. The maximum Gasteiger partial charge on any atom is 0.185 e. The summed E-state index contributed by atoms with van der Waals surface area (Å²) in [6.45, 7) is 0. The number of nitriles is 1. The van der Waals surface area contributed by atoms with Crippen LogP contribution in [0.15, 0.2) is 36.9 Å². The summed E-state index contributed by atoms with van der Waals surface area (Å²) in [4.78, 5) is 13.4. The summed E-state index contributed by atoms with van der Waals surface area (Å²) >= 11 is 0. The van der Waals surface area contributed by atoms with Crippen LogP contribution in [0.5, 0.6) is 0 Å². The van der Waals surface area contributed by atoms with E-state index in [1.54, 1.807) is 25.5 Å². The van der Waals surface area contributed by atoms with Gasteiger partial charge in [-0.2, -0.15) is 5.26 Å². The van der Waals surface area contributed by atoms with E-state index < -0.39 is 0 Å². The van der Waals surface area contributed by atoms with Crippen LogP contribution >= 0.6 is 0 Å². The first-order valence-corrected chi connectivity index (χ1v) is 4.92. The van der Waals surface area contributed by atoms with Gasteiger partial charge in [-0.3, -0.25) is 9.88 Å². The van der Waals surface area contributed by atoms with Gasteiger partial charge in [-0.15, -0.1) is 0 Å². The zero-order valence-electron chi connectivity index (χ0n) is 9.20. The molecule has 0 aromatic carbocycles. The molecule has 0 aliphatic rings. The van der Waals surface area contributed by atoms with Gasteiger partial charge >= 0.3 is 0 Å². The van der Waals surface area contributed by atoms with Crippen LogP contribution in [0.2, 0.25) is 0 Å². The molecular weight excluding hydrogens is 216 g/mol. The summed E-state index contributed by atoms with van der Waals surface area (Å²) in [5, 5.41) is 11.8. The van der Waals surface area contributed by atoms with Crippen LogP contribution in [-0.2, 0) is 0 Å². The molecule has 2 aromatic heterocycles. The van der Waals surface area contributed by atoms with Crippen molar-refractivity contribution in [3.63, 3.8) is 0 Å². The molecule has 0 aliphatic carbocycles. The lowest BCUT2D eigenvalue weighted by Gasteiger charge is -2.09. The third-order valence-electron chi connectivity index (χ3n) is 2.08. The quantitative estimate of drug-likeness (QED) is 0.631. The average molecular weight is 226 g/mol. The van der Waals surface area contributed by atoms with Crippen molar-refractivity contribution < 1.29 is 0 Å². The van der Waals surface area contributed by atoms with Crippen molar-refractivity contribution in [1.29, 1.82) is 5.26 Å². The summed E-state index contributed by atoms with van der Waals surface area (Å²) in [6, 6.07) is 5.39. The number of anilines is 3. The highest BCUT2D eigenvalue weighted by Crippen LogP contribution is 2.16. The zero-order valence-corrected chi connectivity index (χ0v) is 9.20. The molecule has 6 nitrogen and oxygen atoms in total. The fourth-order valence-electron chi connectivity index (χ4n) is 1.23. The van der Waals surface area contributed by atoms with Gasteiger partial charge in [0.05, 0.1) is 11.9 Å². The van der Waals surface area contributed by atoms with Gasteiger partial charge in [0.15, 0.2) is 6.19 Å². The predicted octanol–water partition coefficient (Wildman–Crippen LogP) is 1.53. The van der Waals surface area contributed by atoms with Gasteiger partial charge in [-0.05, 0) is 12.1 Å². The van der Waals surface area contributed by atoms with E-state index >= 15 is 0 Å². The largest absolute Gasteiger partial charge is 0.339 e. The van der Waals surface area contributed by atoms with Crippen molar-refractivity contribution in [2.24, 2.45) is 0 Å². The van der Waals surface area contributed by atoms with Crippen LogP contribution < -0.4 is 10.2 Å². The molecule has 0 bridgehead atoms. The molecule has 6 heteroatoms. The Labute approximate surface area is 98.6 Å². The molecule has 0 fully saturated rings. The molecule has 17 heavy (non-hydrogen) atoms. The number of nitrogens with one attached hydrogen (secondary N) is 1. The first-order chi connectivity index (χ1) is 8.29. The van der Waals surface area contributed by atoms with E-state index in [-0.39, 0.29) is 0 Å². The summed E-state index contributed by atoms with van der Waals surface area (Å²) in [5.74, 6) is 1.15. The van der Waals surface area contributed by atoms with E-state index in [0.717, 1.165) is 5.69 Å². The standard InChI is InChI=1S/C11H10N6/c1-17(7-12)11-5-10(14-8-15-11)16-9-3-2-4-13-6-9/h2-6,8H,1H3,(H,14,15,16). The monoisotopic (exact) mass is 226 g/mol. The van der Waals surface area contributed by atoms with Gasteiger partial charge in [0.2, 0.25) is 0 Å². The van der Waals surface area contributed by atoms with Gasteiger partial charge in [-0.25, -0.2) is 9.97 Å². The van der Waals surface area contributed by atoms with Crippen LogP contribution in [0.3, 0.4) is 0 Å². The average Bonchev–Trinajstić information content (AvgIpc) is 2.39. The lowest BCUT2D eigenvalue weighted by Crippen LogP contribution is -2.10. The number of rotatable bonds is 3. The summed E-state index contributed by atoms with van der Waals surface area (Å²) < 4.78 is 0. The second-order valence-electron chi connectivity index (χ2n) is 3.29. The normalized spacial score (nSPS) is 9.41. The number of hydrogen-bond acceptors (Lipinski definition) is 6. The molecule has 0 unspecified atom stereocenters. The Morgan fingerprint density at radius 2 is 2.29 bits per heavy atom. The maximum absolute atomic E-state index is 8.75. The first-order valence-electron chi connectivity index (χ1n) is 4.92. The SMILES string of the molecule is CN(C#N)c1cc(Nc2cccnc2)ncn1. The third-order valence-corrected chi connectivity index (χ3v) is 2.08. The molecule has 2 rings (SSSR count). The molecule has 84 valence electrons. The predicted molar refractivity (Wildman–Crippen MR) is 63.6 cm³/mol. The molecule has 0 amide bonds. The number of pyridine rings is 1. The molecule has 0 aliphatic heterocycles. The van der Waals surface area contributed by atoms with Gasteiger partial charge in [0.1, 0.15) is 18.0 Å². The Kier molecular flexibility index (Phi) is 3.12. The Hall–Kier alpha value is -2.68. The molecule has 0 spiro atoms. The Bertz CT molecular complexity index is 533. The Balaban J connectivity index is 2.20. The Morgan fingerprint density at radius 3 is 3.00 bits per heavy atom. The molecular formula is C11H10N6. The van der Waals surface area contributed by atoms with E-state index in [9.17, 15) is 0 Å². The molecule has 2 heterocycles. The van der Waals surface area contributed by atoms with E-state index in [1.807, 2.05) is 18.3 Å². The molecule has 0 saturated heterocycles. The second-order valence-corrected chi connectivity index (χ2v) is 3.29. The minimum atomic E-state index is 0.536. The summed E-state index contributed by atoms with van der Waals surface area (Å²) in [7, 11) is 1.64.